The first kappa shape index (κ1) is 18.4. The third-order valence-corrected chi connectivity index (χ3v) is 7.14. The quantitative estimate of drug-likeness (QED) is 0.800. The Bertz CT molecular complexity index is 1030. The highest BCUT2D eigenvalue weighted by Crippen LogP contribution is 2.86. The van der Waals surface area contributed by atoms with E-state index in [2.05, 4.69) is 28.5 Å². The van der Waals surface area contributed by atoms with Crippen LogP contribution in [0.3, 0.4) is 0 Å². The third kappa shape index (κ3) is 2.34. The van der Waals surface area contributed by atoms with Gasteiger partial charge in [-0.25, -0.2) is 4.98 Å². The van der Waals surface area contributed by atoms with Gasteiger partial charge < -0.3 is 15.2 Å². The summed E-state index contributed by atoms with van der Waals surface area (Å²) < 4.78 is 49.5. The van der Waals surface area contributed by atoms with E-state index in [1.165, 1.54) is 18.0 Å². The molecule has 0 aromatic carbocycles. The van der Waals surface area contributed by atoms with Crippen LogP contribution in [0.5, 0.6) is 5.75 Å². The van der Waals surface area contributed by atoms with E-state index in [1.807, 2.05) is 10.7 Å². The van der Waals surface area contributed by atoms with E-state index in [1.54, 1.807) is 0 Å². The Hall–Kier alpha value is -2.33. The van der Waals surface area contributed by atoms with Crippen LogP contribution in [-0.2, 0) is 10.2 Å². The lowest BCUT2D eigenvalue weighted by Gasteiger charge is -2.34. The smallest absolute Gasteiger partial charge is 0.402 e. The van der Waals surface area contributed by atoms with Crippen LogP contribution in [0.1, 0.15) is 25.6 Å². The van der Waals surface area contributed by atoms with Crippen molar-refractivity contribution in [1.29, 1.82) is 0 Å². The van der Waals surface area contributed by atoms with Crippen LogP contribution in [0.4, 0.5) is 19.0 Å². The summed E-state index contributed by atoms with van der Waals surface area (Å²) in [7, 11) is 0. The SMILES string of the molecule is CC(C)n1nc(-c2cnc(N)c(OC(F)(F)F)c2)cc1[C@@]12C3C1N(C1COC1)C[C@@H]32. The number of aromatic nitrogens is 3. The second-order valence-electron chi connectivity index (χ2n) is 9.01. The Kier molecular flexibility index (Phi) is 3.49. The maximum absolute atomic E-state index is 12.7. The van der Waals surface area contributed by atoms with Crippen molar-refractivity contribution in [2.24, 2.45) is 11.8 Å². The van der Waals surface area contributed by atoms with Gasteiger partial charge in [0.1, 0.15) is 0 Å². The molecule has 0 spiro atoms. The largest absolute Gasteiger partial charge is 0.573 e. The normalized spacial score (nSPS) is 32.3. The number of piperidine rings is 1. The van der Waals surface area contributed by atoms with Gasteiger partial charge in [0.25, 0.3) is 0 Å². The molecule has 3 aliphatic heterocycles. The molecule has 2 aliphatic carbocycles. The van der Waals surface area contributed by atoms with E-state index in [0.717, 1.165) is 19.8 Å². The topological polar surface area (TPSA) is 78.4 Å². The summed E-state index contributed by atoms with van der Waals surface area (Å²) in [6, 6.07) is 4.46. The zero-order valence-corrected chi connectivity index (χ0v) is 16.6. The van der Waals surface area contributed by atoms with Gasteiger partial charge in [-0.05, 0) is 37.8 Å². The minimum atomic E-state index is -4.83. The number of ether oxygens (including phenoxy) is 2. The maximum Gasteiger partial charge on any atom is 0.573 e. The summed E-state index contributed by atoms with van der Waals surface area (Å²) in [5, 5.41) is 4.74. The van der Waals surface area contributed by atoms with Crippen LogP contribution in [0.2, 0.25) is 0 Å². The van der Waals surface area contributed by atoms with E-state index in [9.17, 15) is 13.2 Å². The van der Waals surface area contributed by atoms with Crippen LogP contribution in [-0.4, -0.2) is 57.9 Å². The van der Waals surface area contributed by atoms with Crippen molar-refractivity contribution in [3.05, 3.63) is 24.0 Å². The van der Waals surface area contributed by atoms with Crippen molar-refractivity contribution in [3.8, 4) is 17.0 Å². The predicted molar refractivity (Wildman–Crippen MR) is 101 cm³/mol. The number of nitrogens with zero attached hydrogens (tertiary/aromatic N) is 4. The number of hydrogen-bond donors (Lipinski definition) is 1. The first-order valence-corrected chi connectivity index (χ1v) is 10.2. The second kappa shape index (κ2) is 5.67. The highest BCUT2D eigenvalue weighted by Gasteiger charge is 2.94. The number of anilines is 1. The fraction of sp³-hybridized carbons (Fsp3) is 0.600. The fourth-order valence-electron chi connectivity index (χ4n) is 5.69. The van der Waals surface area contributed by atoms with Gasteiger partial charge in [-0.2, -0.15) is 5.10 Å². The molecule has 160 valence electrons. The van der Waals surface area contributed by atoms with Crippen LogP contribution in [0, 0.1) is 11.8 Å². The molecule has 0 amide bonds. The molecule has 2 N–H and O–H groups in total. The summed E-state index contributed by atoms with van der Waals surface area (Å²) in [6.45, 7) is 6.83. The fourth-order valence-corrected chi connectivity index (χ4v) is 5.69. The minimum Gasteiger partial charge on any atom is -0.402 e. The Morgan fingerprint density at radius 1 is 1.30 bits per heavy atom. The monoisotopic (exact) mass is 421 g/mol. The third-order valence-electron chi connectivity index (χ3n) is 7.14. The Morgan fingerprint density at radius 3 is 2.67 bits per heavy atom. The van der Waals surface area contributed by atoms with Crippen molar-refractivity contribution in [2.45, 2.75) is 43.8 Å². The predicted octanol–water partition coefficient (Wildman–Crippen LogP) is 2.59. The Labute approximate surface area is 170 Å². The second-order valence-corrected chi connectivity index (χ2v) is 9.01. The molecule has 2 saturated carbocycles. The average Bonchev–Trinajstić information content (AvgIpc) is 3.18. The molecule has 0 radical (unpaired) electrons. The molecule has 2 aromatic rings. The molecule has 3 saturated heterocycles. The average molecular weight is 421 g/mol. The Morgan fingerprint density at radius 2 is 2.07 bits per heavy atom. The standard InChI is InChI=1S/C20H22F3N5O2/c1-9(2)28-15(19-12-6-27(11-7-29-8-11)17(19)16(12)19)4-13(26-28)10-3-14(18(24)25-5-10)30-20(21,22)23/h3-5,9,11-12,16-17H,6-8H2,1-2H3,(H2,24,25)/t12-,16?,17?,19-/m0/s1. The molecule has 4 atom stereocenters. The zero-order chi connectivity index (χ0) is 21.0. The minimum absolute atomic E-state index is 0.137. The summed E-state index contributed by atoms with van der Waals surface area (Å²) in [6.07, 6.45) is -3.39. The molecular formula is C20H22F3N5O2. The molecule has 7 rings (SSSR count). The van der Waals surface area contributed by atoms with Gasteiger partial charge in [0.05, 0.1) is 24.9 Å². The number of alkyl halides is 3. The van der Waals surface area contributed by atoms with Crippen LogP contribution in [0.25, 0.3) is 11.3 Å². The van der Waals surface area contributed by atoms with Gasteiger partial charge in [-0.1, -0.05) is 0 Å². The lowest BCUT2D eigenvalue weighted by Crippen LogP contribution is -2.48. The number of rotatable bonds is 5. The van der Waals surface area contributed by atoms with E-state index in [-0.39, 0.29) is 17.3 Å². The number of fused-ring (bicyclic) bond motifs is 1. The van der Waals surface area contributed by atoms with Gasteiger partial charge in [0, 0.05) is 41.5 Å². The van der Waals surface area contributed by atoms with Crippen molar-refractivity contribution in [2.75, 3.05) is 25.5 Å². The lowest BCUT2D eigenvalue weighted by atomic mass is 10.0. The molecule has 10 heteroatoms. The van der Waals surface area contributed by atoms with E-state index in [0.29, 0.717) is 35.2 Å². The first-order chi connectivity index (χ1) is 14.2. The molecule has 7 nitrogen and oxygen atoms in total. The van der Waals surface area contributed by atoms with Crippen molar-refractivity contribution in [1.82, 2.24) is 19.7 Å². The van der Waals surface area contributed by atoms with Gasteiger partial charge in [0.2, 0.25) is 0 Å². The molecule has 2 aromatic heterocycles. The highest BCUT2D eigenvalue weighted by molar-refractivity contribution is 5.67. The number of pyridine rings is 1. The molecule has 5 fully saturated rings. The van der Waals surface area contributed by atoms with Crippen molar-refractivity contribution >= 4 is 5.82 Å². The lowest BCUT2D eigenvalue weighted by molar-refractivity contribution is -0.274. The zero-order valence-electron chi connectivity index (χ0n) is 16.6. The van der Waals surface area contributed by atoms with Gasteiger partial charge in [0.15, 0.2) is 11.6 Å². The number of halogens is 3. The van der Waals surface area contributed by atoms with Gasteiger partial charge in [-0.3, -0.25) is 9.58 Å². The molecule has 5 heterocycles. The van der Waals surface area contributed by atoms with Crippen molar-refractivity contribution < 1.29 is 22.6 Å². The Balaban J connectivity index is 1.35. The van der Waals surface area contributed by atoms with Gasteiger partial charge in [-0.15, -0.1) is 13.2 Å². The molecular weight excluding hydrogens is 399 g/mol. The molecule has 5 aliphatic rings. The maximum atomic E-state index is 12.7. The van der Waals surface area contributed by atoms with E-state index >= 15 is 0 Å². The van der Waals surface area contributed by atoms with Gasteiger partial charge >= 0.3 is 6.36 Å². The summed E-state index contributed by atoms with van der Waals surface area (Å²) in [5.41, 5.74) is 7.92. The molecule has 2 bridgehead atoms. The summed E-state index contributed by atoms with van der Waals surface area (Å²) >= 11 is 0. The van der Waals surface area contributed by atoms with Crippen LogP contribution < -0.4 is 10.5 Å². The van der Waals surface area contributed by atoms with Crippen LogP contribution in [0.15, 0.2) is 18.3 Å². The molecule has 2 unspecified atom stereocenters. The highest BCUT2D eigenvalue weighted by atomic mass is 19.4. The van der Waals surface area contributed by atoms with Crippen molar-refractivity contribution in [3.63, 3.8) is 0 Å². The number of nitrogens with two attached hydrogens (primary N) is 1. The van der Waals surface area contributed by atoms with Crippen LogP contribution >= 0.6 is 0 Å². The first-order valence-electron chi connectivity index (χ1n) is 10.2. The molecule has 30 heavy (non-hydrogen) atoms. The summed E-state index contributed by atoms with van der Waals surface area (Å²) in [5.74, 6) is 0.484. The number of nitrogen functional groups attached to an aromatic ring is 1. The van der Waals surface area contributed by atoms with E-state index < -0.39 is 12.1 Å². The summed E-state index contributed by atoms with van der Waals surface area (Å²) in [4.78, 5) is 6.47. The number of hydrogen-bond acceptors (Lipinski definition) is 6. The van der Waals surface area contributed by atoms with E-state index in [4.69, 9.17) is 15.6 Å².